The summed E-state index contributed by atoms with van der Waals surface area (Å²) in [5.74, 6) is -1.60. The van der Waals surface area contributed by atoms with Gasteiger partial charge in [0, 0.05) is 10.2 Å². The van der Waals surface area contributed by atoms with Gasteiger partial charge in [0.2, 0.25) is 0 Å². The number of nitrogens with one attached hydrogen (secondary N) is 1. The van der Waals surface area contributed by atoms with Gasteiger partial charge < -0.3 is 14.8 Å². The number of anilines is 1. The van der Waals surface area contributed by atoms with Gasteiger partial charge in [-0.25, -0.2) is 9.59 Å². The smallest absolute Gasteiger partial charge is 0.338 e. The summed E-state index contributed by atoms with van der Waals surface area (Å²) in [4.78, 5) is 35.5. The van der Waals surface area contributed by atoms with Crippen LogP contribution in [0.4, 0.5) is 5.69 Å². The quantitative estimate of drug-likeness (QED) is 0.770. The average Bonchev–Trinajstić information content (AvgIpc) is 2.62. The van der Waals surface area contributed by atoms with Crippen LogP contribution in [0, 0.1) is 0 Å². The van der Waals surface area contributed by atoms with Gasteiger partial charge in [0.25, 0.3) is 5.91 Å². The fourth-order valence-corrected chi connectivity index (χ4v) is 2.18. The van der Waals surface area contributed by atoms with E-state index in [1.54, 1.807) is 24.3 Å². The summed E-state index contributed by atoms with van der Waals surface area (Å²) in [7, 11) is 1.27. The van der Waals surface area contributed by atoms with Gasteiger partial charge in [-0.1, -0.05) is 15.9 Å². The number of rotatable bonds is 5. The minimum absolute atomic E-state index is 0.232. The molecule has 2 aromatic rings. The number of halogens is 1. The summed E-state index contributed by atoms with van der Waals surface area (Å²) in [5.41, 5.74) is 1.15. The van der Waals surface area contributed by atoms with Gasteiger partial charge in [-0.05, 0) is 55.5 Å². The molecule has 1 N–H and O–H groups in total. The Morgan fingerprint density at radius 3 is 1.96 bits per heavy atom. The SMILES string of the molecule is COC(=O)c1ccc(C(=O)O[C@@H](C)C(=O)Nc2ccc(Br)cc2)cc1. The number of methoxy groups -OCH3 is 1. The number of esters is 2. The molecule has 0 spiro atoms. The van der Waals surface area contributed by atoms with Gasteiger partial charge in [0.05, 0.1) is 18.2 Å². The van der Waals surface area contributed by atoms with Crippen LogP contribution in [0.5, 0.6) is 0 Å². The number of hydrogen-bond donors (Lipinski definition) is 1. The van der Waals surface area contributed by atoms with Crippen molar-refractivity contribution in [2.24, 2.45) is 0 Å². The lowest BCUT2D eigenvalue weighted by Crippen LogP contribution is -2.30. The third kappa shape index (κ3) is 5.15. The fourth-order valence-electron chi connectivity index (χ4n) is 1.92. The highest BCUT2D eigenvalue weighted by molar-refractivity contribution is 9.10. The van der Waals surface area contributed by atoms with E-state index in [0.29, 0.717) is 11.3 Å². The van der Waals surface area contributed by atoms with E-state index in [1.807, 2.05) is 0 Å². The van der Waals surface area contributed by atoms with Crippen molar-refractivity contribution in [2.75, 3.05) is 12.4 Å². The number of carbonyl (C=O) groups is 3. The van der Waals surface area contributed by atoms with Crippen LogP contribution in [-0.2, 0) is 14.3 Å². The Labute approximate surface area is 153 Å². The molecule has 7 heteroatoms. The second-order valence-electron chi connectivity index (χ2n) is 5.11. The van der Waals surface area contributed by atoms with Crippen molar-refractivity contribution < 1.29 is 23.9 Å². The fraction of sp³-hybridized carbons (Fsp3) is 0.167. The number of hydrogen-bond acceptors (Lipinski definition) is 5. The van der Waals surface area contributed by atoms with Gasteiger partial charge in [-0.3, -0.25) is 4.79 Å². The van der Waals surface area contributed by atoms with Crippen molar-refractivity contribution >= 4 is 39.5 Å². The van der Waals surface area contributed by atoms with Crippen molar-refractivity contribution in [1.82, 2.24) is 0 Å². The van der Waals surface area contributed by atoms with Crippen molar-refractivity contribution in [3.8, 4) is 0 Å². The molecule has 130 valence electrons. The van der Waals surface area contributed by atoms with E-state index in [0.717, 1.165) is 4.47 Å². The minimum atomic E-state index is -0.976. The molecular formula is C18H16BrNO5. The van der Waals surface area contributed by atoms with Crippen LogP contribution in [0.25, 0.3) is 0 Å². The zero-order valence-corrected chi connectivity index (χ0v) is 15.2. The predicted octanol–water partition coefficient (Wildman–Crippen LogP) is 3.42. The first-order valence-corrected chi connectivity index (χ1v) is 8.16. The van der Waals surface area contributed by atoms with E-state index in [1.165, 1.54) is 38.3 Å². The highest BCUT2D eigenvalue weighted by Gasteiger charge is 2.19. The molecule has 0 aliphatic carbocycles. The van der Waals surface area contributed by atoms with Crippen molar-refractivity contribution in [3.05, 3.63) is 64.1 Å². The lowest BCUT2D eigenvalue weighted by Gasteiger charge is -2.13. The molecule has 0 saturated carbocycles. The maximum absolute atomic E-state index is 12.1. The highest BCUT2D eigenvalue weighted by atomic mass is 79.9. The Hall–Kier alpha value is -2.67. The number of amides is 1. The van der Waals surface area contributed by atoms with Crippen LogP contribution in [0.3, 0.4) is 0 Å². The molecule has 0 bridgehead atoms. The van der Waals surface area contributed by atoms with Crippen molar-refractivity contribution in [2.45, 2.75) is 13.0 Å². The lowest BCUT2D eigenvalue weighted by atomic mass is 10.1. The van der Waals surface area contributed by atoms with Crippen LogP contribution in [0.1, 0.15) is 27.6 Å². The van der Waals surface area contributed by atoms with Gasteiger partial charge >= 0.3 is 11.9 Å². The molecule has 2 rings (SSSR count). The molecule has 0 heterocycles. The number of carbonyl (C=O) groups excluding carboxylic acids is 3. The van der Waals surface area contributed by atoms with Crippen LogP contribution >= 0.6 is 15.9 Å². The minimum Gasteiger partial charge on any atom is -0.465 e. The van der Waals surface area contributed by atoms with E-state index in [-0.39, 0.29) is 5.56 Å². The molecule has 0 aliphatic rings. The first-order chi connectivity index (χ1) is 11.9. The Morgan fingerprint density at radius 2 is 1.44 bits per heavy atom. The molecule has 1 atom stereocenters. The van der Waals surface area contributed by atoms with Gasteiger partial charge in [0.15, 0.2) is 6.10 Å². The highest BCUT2D eigenvalue weighted by Crippen LogP contribution is 2.15. The largest absolute Gasteiger partial charge is 0.465 e. The van der Waals surface area contributed by atoms with Crippen molar-refractivity contribution in [3.63, 3.8) is 0 Å². The topological polar surface area (TPSA) is 81.7 Å². The molecular weight excluding hydrogens is 390 g/mol. The van der Waals surface area contributed by atoms with Crippen LogP contribution < -0.4 is 5.32 Å². The molecule has 0 saturated heterocycles. The van der Waals surface area contributed by atoms with Crippen LogP contribution in [-0.4, -0.2) is 31.1 Å². The Balaban J connectivity index is 1.95. The maximum Gasteiger partial charge on any atom is 0.338 e. The first-order valence-electron chi connectivity index (χ1n) is 7.36. The zero-order chi connectivity index (χ0) is 18.4. The molecule has 0 radical (unpaired) electrons. The molecule has 6 nitrogen and oxygen atoms in total. The predicted molar refractivity (Wildman–Crippen MR) is 95.4 cm³/mol. The van der Waals surface area contributed by atoms with Gasteiger partial charge in [0.1, 0.15) is 0 Å². The van der Waals surface area contributed by atoms with E-state index >= 15 is 0 Å². The summed E-state index contributed by atoms with van der Waals surface area (Å²) in [5, 5.41) is 2.66. The molecule has 1 amide bonds. The first kappa shape index (κ1) is 18.7. The molecule has 0 aliphatic heterocycles. The summed E-state index contributed by atoms with van der Waals surface area (Å²) in [6.45, 7) is 1.48. The van der Waals surface area contributed by atoms with Gasteiger partial charge in [-0.15, -0.1) is 0 Å². The van der Waals surface area contributed by atoms with Crippen molar-refractivity contribution in [1.29, 1.82) is 0 Å². The Morgan fingerprint density at radius 1 is 0.920 bits per heavy atom. The average molecular weight is 406 g/mol. The third-order valence-corrected chi connectivity index (χ3v) is 3.84. The standard InChI is InChI=1S/C18H16BrNO5/c1-11(16(21)20-15-9-7-14(19)8-10-15)25-18(23)13-5-3-12(4-6-13)17(22)24-2/h3-11H,1-2H3,(H,20,21)/t11-/m0/s1. The molecule has 25 heavy (non-hydrogen) atoms. The zero-order valence-electron chi connectivity index (χ0n) is 13.6. The second kappa shape index (κ2) is 8.43. The number of ether oxygens (including phenoxy) is 2. The Kier molecular flexibility index (Phi) is 6.30. The van der Waals surface area contributed by atoms with E-state index < -0.39 is 23.9 Å². The molecule has 0 aromatic heterocycles. The monoisotopic (exact) mass is 405 g/mol. The molecule has 2 aromatic carbocycles. The maximum atomic E-state index is 12.1. The van der Waals surface area contributed by atoms with Gasteiger partial charge in [-0.2, -0.15) is 0 Å². The van der Waals surface area contributed by atoms with Crippen LogP contribution in [0.15, 0.2) is 53.0 Å². The lowest BCUT2D eigenvalue weighted by molar-refractivity contribution is -0.123. The second-order valence-corrected chi connectivity index (χ2v) is 6.03. The summed E-state index contributed by atoms with van der Waals surface area (Å²) in [6, 6.07) is 12.8. The summed E-state index contributed by atoms with van der Waals surface area (Å²) >= 11 is 3.31. The normalized spacial score (nSPS) is 11.3. The molecule has 0 fully saturated rings. The Bertz CT molecular complexity index is 771. The van der Waals surface area contributed by atoms with E-state index in [2.05, 4.69) is 26.0 Å². The third-order valence-electron chi connectivity index (χ3n) is 3.31. The van der Waals surface area contributed by atoms with E-state index in [4.69, 9.17) is 4.74 Å². The summed E-state index contributed by atoms with van der Waals surface area (Å²) in [6.07, 6.45) is -0.976. The van der Waals surface area contributed by atoms with E-state index in [9.17, 15) is 14.4 Å². The number of benzene rings is 2. The summed E-state index contributed by atoms with van der Waals surface area (Å²) < 4.78 is 10.6. The van der Waals surface area contributed by atoms with Crippen LogP contribution in [0.2, 0.25) is 0 Å². The molecule has 0 unspecified atom stereocenters.